The van der Waals surface area contributed by atoms with Crippen LogP contribution in [0.2, 0.25) is 0 Å². The Kier molecular flexibility index (Phi) is 5.56. The van der Waals surface area contributed by atoms with E-state index in [2.05, 4.69) is 10.3 Å². The SMILES string of the molecule is CC(C)(C)C(=O)NCc1ccc(C(=O)COC(=O)c2ccc[nH]2)s1. The zero-order chi connectivity index (χ0) is 17.7. The van der Waals surface area contributed by atoms with Gasteiger partial charge in [0.05, 0.1) is 11.4 Å². The van der Waals surface area contributed by atoms with E-state index in [0.717, 1.165) is 4.88 Å². The topological polar surface area (TPSA) is 88.3 Å². The zero-order valence-corrected chi connectivity index (χ0v) is 14.7. The van der Waals surface area contributed by atoms with Crippen LogP contribution >= 0.6 is 11.3 Å². The Hall–Kier alpha value is -2.41. The molecule has 2 aromatic heterocycles. The number of ketones is 1. The highest BCUT2D eigenvalue weighted by Gasteiger charge is 2.21. The summed E-state index contributed by atoms with van der Waals surface area (Å²) in [6.45, 7) is 5.57. The molecule has 0 atom stereocenters. The first kappa shape index (κ1) is 17.9. The number of Topliss-reactive ketones (excluding diaryl/α,β-unsaturated/α-hetero) is 1. The lowest BCUT2D eigenvalue weighted by Crippen LogP contribution is -2.34. The van der Waals surface area contributed by atoms with Crippen molar-refractivity contribution in [2.45, 2.75) is 27.3 Å². The molecular weight excluding hydrogens is 328 g/mol. The molecule has 2 aromatic rings. The first-order valence-corrected chi connectivity index (χ1v) is 8.30. The van der Waals surface area contributed by atoms with Gasteiger partial charge in [-0.05, 0) is 24.3 Å². The molecule has 6 nitrogen and oxygen atoms in total. The van der Waals surface area contributed by atoms with Crippen LogP contribution in [0.15, 0.2) is 30.5 Å². The Balaban J connectivity index is 1.85. The lowest BCUT2D eigenvalue weighted by molar-refractivity contribution is -0.128. The Labute approximate surface area is 144 Å². The van der Waals surface area contributed by atoms with Crippen LogP contribution in [0.1, 0.15) is 45.8 Å². The second kappa shape index (κ2) is 7.44. The number of nitrogens with one attached hydrogen (secondary N) is 2. The second-order valence-electron chi connectivity index (χ2n) is 6.28. The normalized spacial score (nSPS) is 11.1. The highest BCUT2D eigenvalue weighted by molar-refractivity contribution is 7.14. The number of carbonyl (C=O) groups is 3. The zero-order valence-electron chi connectivity index (χ0n) is 13.8. The van der Waals surface area contributed by atoms with Crippen molar-refractivity contribution in [3.8, 4) is 0 Å². The maximum absolute atomic E-state index is 12.1. The van der Waals surface area contributed by atoms with Gasteiger partial charge >= 0.3 is 5.97 Å². The van der Waals surface area contributed by atoms with E-state index in [0.29, 0.717) is 17.1 Å². The Bertz CT molecular complexity index is 726. The smallest absolute Gasteiger partial charge is 0.355 e. The quantitative estimate of drug-likeness (QED) is 0.621. The Morgan fingerprint density at radius 1 is 1.21 bits per heavy atom. The van der Waals surface area contributed by atoms with Gasteiger partial charge in [-0.1, -0.05) is 20.8 Å². The van der Waals surface area contributed by atoms with Crippen LogP contribution in [-0.2, 0) is 16.1 Å². The van der Waals surface area contributed by atoms with E-state index in [-0.39, 0.29) is 18.3 Å². The summed E-state index contributed by atoms with van der Waals surface area (Å²) >= 11 is 1.28. The van der Waals surface area contributed by atoms with Crippen molar-refractivity contribution in [1.82, 2.24) is 10.3 Å². The minimum atomic E-state index is -0.567. The summed E-state index contributed by atoms with van der Waals surface area (Å²) in [6, 6.07) is 6.71. The van der Waals surface area contributed by atoms with Crippen LogP contribution in [0.3, 0.4) is 0 Å². The number of ether oxygens (including phenoxy) is 1. The molecule has 7 heteroatoms. The number of thiophene rings is 1. The minimum Gasteiger partial charge on any atom is -0.453 e. The van der Waals surface area contributed by atoms with E-state index in [1.807, 2.05) is 20.8 Å². The maximum atomic E-state index is 12.1. The van der Waals surface area contributed by atoms with Crippen molar-refractivity contribution in [3.05, 3.63) is 45.9 Å². The predicted molar refractivity (Wildman–Crippen MR) is 91.0 cm³/mol. The van der Waals surface area contributed by atoms with Crippen molar-refractivity contribution in [2.75, 3.05) is 6.61 Å². The van der Waals surface area contributed by atoms with E-state index in [9.17, 15) is 14.4 Å². The first-order valence-electron chi connectivity index (χ1n) is 7.48. The van der Waals surface area contributed by atoms with Crippen molar-refractivity contribution < 1.29 is 19.1 Å². The standard InChI is InChI=1S/C17H20N2O4S/c1-17(2,3)16(22)19-9-11-6-7-14(24-11)13(20)10-23-15(21)12-5-4-8-18-12/h4-8,18H,9-10H2,1-3H3,(H,19,22). The van der Waals surface area contributed by atoms with Crippen molar-refractivity contribution >= 4 is 29.0 Å². The van der Waals surface area contributed by atoms with Gasteiger partial charge in [0.2, 0.25) is 11.7 Å². The van der Waals surface area contributed by atoms with Crippen LogP contribution < -0.4 is 5.32 Å². The number of aromatic nitrogens is 1. The van der Waals surface area contributed by atoms with Gasteiger partial charge < -0.3 is 15.0 Å². The molecule has 0 aromatic carbocycles. The van der Waals surface area contributed by atoms with Crippen LogP contribution in [0, 0.1) is 5.41 Å². The summed E-state index contributed by atoms with van der Waals surface area (Å²) < 4.78 is 4.97. The number of carbonyl (C=O) groups excluding carboxylic acids is 3. The molecule has 24 heavy (non-hydrogen) atoms. The minimum absolute atomic E-state index is 0.0522. The Morgan fingerprint density at radius 2 is 1.96 bits per heavy atom. The first-order chi connectivity index (χ1) is 11.3. The number of hydrogen-bond acceptors (Lipinski definition) is 5. The fraction of sp³-hybridized carbons (Fsp3) is 0.353. The van der Waals surface area contributed by atoms with Gasteiger partial charge in [0.15, 0.2) is 6.61 Å². The molecule has 2 N–H and O–H groups in total. The molecule has 0 spiro atoms. The molecule has 0 fully saturated rings. The molecule has 0 saturated heterocycles. The molecule has 0 unspecified atom stereocenters. The molecule has 0 radical (unpaired) electrons. The number of amides is 1. The molecule has 1 amide bonds. The van der Waals surface area contributed by atoms with Gasteiger partial charge in [-0.3, -0.25) is 9.59 Å². The van der Waals surface area contributed by atoms with E-state index in [4.69, 9.17) is 4.74 Å². The summed E-state index contributed by atoms with van der Waals surface area (Å²) in [5.41, 5.74) is -0.151. The third-order valence-electron chi connectivity index (χ3n) is 3.19. The second-order valence-corrected chi connectivity index (χ2v) is 7.45. The molecule has 0 saturated carbocycles. The van der Waals surface area contributed by atoms with E-state index in [1.165, 1.54) is 11.3 Å². The van der Waals surface area contributed by atoms with Crippen molar-refractivity contribution in [2.24, 2.45) is 5.41 Å². The van der Waals surface area contributed by atoms with Crippen LogP contribution in [0.5, 0.6) is 0 Å². The van der Waals surface area contributed by atoms with Crippen LogP contribution in [0.4, 0.5) is 0 Å². The monoisotopic (exact) mass is 348 g/mol. The number of hydrogen-bond donors (Lipinski definition) is 2. The largest absolute Gasteiger partial charge is 0.453 e. The van der Waals surface area contributed by atoms with Gasteiger partial charge in [0.1, 0.15) is 5.69 Å². The molecule has 0 aliphatic carbocycles. The fourth-order valence-corrected chi connectivity index (χ4v) is 2.66. The summed E-state index contributed by atoms with van der Waals surface area (Å²) in [5, 5.41) is 2.83. The number of aromatic amines is 1. The fourth-order valence-electron chi connectivity index (χ4n) is 1.79. The lowest BCUT2D eigenvalue weighted by atomic mass is 9.96. The number of rotatable bonds is 6. The van der Waals surface area contributed by atoms with Crippen molar-refractivity contribution in [1.29, 1.82) is 0 Å². The summed E-state index contributed by atoms with van der Waals surface area (Å²) in [4.78, 5) is 39.7. The van der Waals surface area contributed by atoms with Gasteiger partial charge in [0, 0.05) is 16.5 Å². The van der Waals surface area contributed by atoms with Crippen molar-refractivity contribution in [3.63, 3.8) is 0 Å². The number of esters is 1. The lowest BCUT2D eigenvalue weighted by Gasteiger charge is -2.17. The summed E-state index contributed by atoms with van der Waals surface area (Å²) in [6.07, 6.45) is 1.61. The molecule has 128 valence electrons. The van der Waals surface area contributed by atoms with Crippen LogP contribution in [0.25, 0.3) is 0 Å². The van der Waals surface area contributed by atoms with Gasteiger partial charge in [-0.25, -0.2) is 4.79 Å². The molecule has 2 rings (SSSR count). The average molecular weight is 348 g/mol. The number of H-pyrrole nitrogens is 1. The van der Waals surface area contributed by atoms with Crippen LogP contribution in [-0.4, -0.2) is 29.3 Å². The van der Waals surface area contributed by atoms with Gasteiger partial charge in [-0.15, -0.1) is 11.3 Å². The predicted octanol–water partition coefficient (Wildman–Crippen LogP) is 2.78. The van der Waals surface area contributed by atoms with E-state index in [1.54, 1.807) is 30.5 Å². The molecule has 0 aliphatic rings. The highest BCUT2D eigenvalue weighted by atomic mass is 32.1. The van der Waals surface area contributed by atoms with E-state index < -0.39 is 11.4 Å². The van der Waals surface area contributed by atoms with Gasteiger partial charge in [0.25, 0.3) is 0 Å². The summed E-state index contributed by atoms with van der Waals surface area (Å²) in [7, 11) is 0. The molecule has 2 heterocycles. The Morgan fingerprint density at radius 3 is 2.58 bits per heavy atom. The van der Waals surface area contributed by atoms with E-state index >= 15 is 0 Å². The average Bonchev–Trinajstić information content (AvgIpc) is 3.20. The third-order valence-corrected chi connectivity index (χ3v) is 4.32. The maximum Gasteiger partial charge on any atom is 0.355 e. The molecule has 0 aliphatic heterocycles. The van der Waals surface area contributed by atoms with Gasteiger partial charge in [-0.2, -0.15) is 0 Å². The highest BCUT2D eigenvalue weighted by Crippen LogP contribution is 2.18. The molecule has 0 bridgehead atoms. The summed E-state index contributed by atoms with van der Waals surface area (Å²) in [5.74, 6) is -0.889. The third kappa shape index (κ3) is 4.79. The molecular formula is C17H20N2O4S.